The molecule has 1 atom stereocenters. The number of thiol groups is 1. The van der Waals surface area contributed by atoms with Crippen LogP contribution < -0.4 is 0 Å². The molecule has 0 N–H and O–H groups in total. The standard InChI is InChI=1S/C13H19NS/c1-9(2)11-4-5-12-7-14(10(3)15)8-13(12)6-11/h4-6,9-10,15H,7-8H2,1-3H3. The third-order valence-electron chi connectivity index (χ3n) is 3.17. The van der Waals surface area contributed by atoms with Crippen LogP contribution in [-0.2, 0) is 13.1 Å². The third kappa shape index (κ3) is 2.21. The van der Waals surface area contributed by atoms with Gasteiger partial charge < -0.3 is 0 Å². The fourth-order valence-corrected chi connectivity index (χ4v) is 2.23. The maximum Gasteiger partial charge on any atom is 0.0506 e. The van der Waals surface area contributed by atoms with E-state index in [1.54, 1.807) is 0 Å². The number of rotatable bonds is 2. The van der Waals surface area contributed by atoms with Crippen LogP contribution in [0.15, 0.2) is 18.2 Å². The van der Waals surface area contributed by atoms with Crippen molar-refractivity contribution in [2.45, 2.75) is 45.2 Å². The summed E-state index contributed by atoms with van der Waals surface area (Å²) in [6.45, 7) is 8.74. The largest absolute Gasteiger partial charge is 0.283 e. The number of hydrogen-bond donors (Lipinski definition) is 1. The Morgan fingerprint density at radius 3 is 2.40 bits per heavy atom. The molecule has 1 heterocycles. The molecule has 1 aromatic rings. The van der Waals surface area contributed by atoms with E-state index < -0.39 is 0 Å². The van der Waals surface area contributed by atoms with Gasteiger partial charge in [-0.3, -0.25) is 4.90 Å². The van der Waals surface area contributed by atoms with Crippen LogP contribution in [0.3, 0.4) is 0 Å². The number of fused-ring (bicyclic) bond motifs is 1. The number of benzene rings is 1. The Bertz CT molecular complexity index is 358. The highest BCUT2D eigenvalue weighted by atomic mass is 32.1. The minimum atomic E-state index is 0.347. The van der Waals surface area contributed by atoms with Crippen molar-refractivity contribution in [2.75, 3.05) is 0 Å². The average molecular weight is 221 g/mol. The van der Waals surface area contributed by atoms with Crippen molar-refractivity contribution in [3.8, 4) is 0 Å². The summed E-state index contributed by atoms with van der Waals surface area (Å²) in [5.41, 5.74) is 4.41. The van der Waals surface area contributed by atoms with Gasteiger partial charge in [-0.25, -0.2) is 0 Å². The van der Waals surface area contributed by atoms with Crippen LogP contribution in [0.25, 0.3) is 0 Å². The van der Waals surface area contributed by atoms with Crippen LogP contribution in [0.5, 0.6) is 0 Å². The first kappa shape index (κ1) is 11.0. The van der Waals surface area contributed by atoms with Crippen LogP contribution in [0.1, 0.15) is 43.4 Å². The minimum absolute atomic E-state index is 0.347. The van der Waals surface area contributed by atoms with Gasteiger partial charge in [0.05, 0.1) is 5.37 Å². The van der Waals surface area contributed by atoms with Gasteiger partial charge in [0.2, 0.25) is 0 Å². The second-order valence-electron chi connectivity index (χ2n) is 4.72. The summed E-state index contributed by atoms with van der Waals surface area (Å²) in [6.07, 6.45) is 0. The van der Waals surface area contributed by atoms with Gasteiger partial charge in [0.25, 0.3) is 0 Å². The van der Waals surface area contributed by atoms with E-state index >= 15 is 0 Å². The second kappa shape index (κ2) is 4.18. The Morgan fingerprint density at radius 2 is 1.80 bits per heavy atom. The molecule has 0 amide bonds. The lowest BCUT2D eigenvalue weighted by Crippen LogP contribution is -2.22. The van der Waals surface area contributed by atoms with E-state index in [1.165, 1.54) is 16.7 Å². The predicted octanol–water partition coefficient (Wildman–Crippen LogP) is 3.40. The monoisotopic (exact) mass is 221 g/mol. The molecule has 0 fully saturated rings. The van der Waals surface area contributed by atoms with Crippen molar-refractivity contribution in [2.24, 2.45) is 0 Å². The van der Waals surface area contributed by atoms with Gasteiger partial charge in [0.1, 0.15) is 0 Å². The fourth-order valence-electron chi connectivity index (χ4n) is 2.06. The molecule has 0 saturated carbocycles. The van der Waals surface area contributed by atoms with E-state index in [4.69, 9.17) is 0 Å². The molecule has 0 spiro atoms. The lowest BCUT2D eigenvalue weighted by molar-refractivity contribution is 0.278. The zero-order chi connectivity index (χ0) is 11.0. The SMILES string of the molecule is CC(C)c1ccc2c(c1)CN(C(C)S)C2. The molecule has 0 aliphatic carbocycles. The van der Waals surface area contributed by atoms with E-state index in [-0.39, 0.29) is 0 Å². The average Bonchev–Trinajstić information content (AvgIpc) is 2.59. The van der Waals surface area contributed by atoms with E-state index in [2.05, 4.69) is 56.5 Å². The molecule has 82 valence electrons. The van der Waals surface area contributed by atoms with Crippen molar-refractivity contribution in [3.05, 3.63) is 34.9 Å². The Hall–Kier alpha value is -0.470. The lowest BCUT2D eigenvalue weighted by atomic mass is 9.99. The van der Waals surface area contributed by atoms with E-state index in [0.29, 0.717) is 11.3 Å². The molecule has 0 bridgehead atoms. The molecule has 1 unspecified atom stereocenters. The van der Waals surface area contributed by atoms with Gasteiger partial charge >= 0.3 is 0 Å². The third-order valence-corrected chi connectivity index (χ3v) is 3.50. The van der Waals surface area contributed by atoms with Gasteiger partial charge in [-0.15, -0.1) is 0 Å². The van der Waals surface area contributed by atoms with Gasteiger partial charge in [0, 0.05) is 13.1 Å². The van der Waals surface area contributed by atoms with Gasteiger partial charge in [-0.1, -0.05) is 32.0 Å². The highest BCUT2D eigenvalue weighted by Crippen LogP contribution is 2.28. The van der Waals surface area contributed by atoms with E-state index in [9.17, 15) is 0 Å². The summed E-state index contributed by atoms with van der Waals surface area (Å²) < 4.78 is 0. The summed E-state index contributed by atoms with van der Waals surface area (Å²) in [4.78, 5) is 2.39. The summed E-state index contributed by atoms with van der Waals surface area (Å²) in [7, 11) is 0. The topological polar surface area (TPSA) is 3.24 Å². The van der Waals surface area contributed by atoms with Gasteiger partial charge in [-0.05, 0) is 29.5 Å². The molecule has 0 radical (unpaired) electrons. The Kier molecular flexibility index (Phi) is 3.08. The molecule has 0 aromatic heterocycles. The number of nitrogens with zero attached hydrogens (tertiary/aromatic N) is 1. The van der Waals surface area contributed by atoms with E-state index in [1.807, 2.05) is 0 Å². The van der Waals surface area contributed by atoms with Crippen molar-refractivity contribution < 1.29 is 0 Å². The van der Waals surface area contributed by atoms with Crippen LogP contribution in [0, 0.1) is 0 Å². The summed E-state index contributed by atoms with van der Waals surface area (Å²) in [5, 5.41) is 0.347. The van der Waals surface area contributed by atoms with Crippen LogP contribution in [-0.4, -0.2) is 10.3 Å². The Balaban J connectivity index is 2.24. The summed E-state index contributed by atoms with van der Waals surface area (Å²) in [6, 6.07) is 6.90. The fraction of sp³-hybridized carbons (Fsp3) is 0.538. The van der Waals surface area contributed by atoms with Crippen molar-refractivity contribution >= 4 is 12.6 Å². The molecule has 0 saturated heterocycles. The quantitative estimate of drug-likeness (QED) is 0.749. The Labute approximate surface area is 97.9 Å². The molecule has 2 rings (SSSR count). The molecular weight excluding hydrogens is 202 g/mol. The molecule has 1 aliphatic heterocycles. The molecule has 2 heteroatoms. The smallest absolute Gasteiger partial charge is 0.0506 e. The zero-order valence-electron chi connectivity index (χ0n) is 9.70. The van der Waals surface area contributed by atoms with Gasteiger partial charge in [-0.2, -0.15) is 12.6 Å². The van der Waals surface area contributed by atoms with Crippen LogP contribution in [0.4, 0.5) is 0 Å². The first-order valence-electron chi connectivity index (χ1n) is 5.61. The molecule has 1 aliphatic rings. The highest BCUT2D eigenvalue weighted by molar-refractivity contribution is 7.80. The molecule has 1 aromatic carbocycles. The molecule has 15 heavy (non-hydrogen) atoms. The highest BCUT2D eigenvalue weighted by Gasteiger charge is 2.21. The van der Waals surface area contributed by atoms with E-state index in [0.717, 1.165) is 13.1 Å². The lowest BCUT2D eigenvalue weighted by Gasteiger charge is -2.18. The van der Waals surface area contributed by atoms with Crippen LogP contribution in [0.2, 0.25) is 0 Å². The van der Waals surface area contributed by atoms with Crippen molar-refractivity contribution in [3.63, 3.8) is 0 Å². The van der Waals surface area contributed by atoms with Gasteiger partial charge in [0.15, 0.2) is 0 Å². The predicted molar refractivity (Wildman–Crippen MR) is 68.2 cm³/mol. The summed E-state index contributed by atoms with van der Waals surface area (Å²) in [5.74, 6) is 0.623. The minimum Gasteiger partial charge on any atom is -0.283 e. The first-order valence-corrected chi connectivity index (χ1v) is 6.13. The maximum atomic E-state index is 4.49. The summed E-state index contributed by atoms with van der Waals surface area (Å²) >= 11 is 4.49. The maximum absolute atomic E-state index is 4.49. The molecular formula is C13H19NS. The van der Waals surface area contributed by atoms with Crippen molar-refractivity contribution in [1.82, 2.24) is 4.90 Å². The first-order chi connectivity index (χ1) is 7.08. The second-order valence-corrected chi connectivity index (χ2v) is 5.47. The Morgan fingerprint density at radius 1 is 1.13 bits per heavy atom. The normalized spacial score (nSPS) is 18.2. The zero-order valence-corrected chi connectivity index (χ0v) is 10.6. The van der Waals surface area contributed by atoms with Crippen molar-refractivity contribution in [1.29, 1.82) is 0 Å². The number of hydrogen-bond acceptors (Lipinski definition) is 2. The van der Waals surface area contributed by atoms with Crippen LogP contribution >= 0.6 is 12.6 Å². The molecule has 1 nitrogen and oxygen atoms in total.